The number of benzene rings is 1. The van der Waals surface area contributed by atoms with Crippen LogP contribution in [0.25, 0.3) is 5.57 Å². The number of allylic oxidation sites excluding steroid dienone is 1. The molecule has 0 aromatic heterocycles. The van der Waals surface area contributed by atoms with E-state index in [0.29, 0.717) is 17.7 Å². The molecule has 4 nitrogen and oxygen atoms in total. The van der Waals surface area contributed by atoms with Crippen molar-refractivity contribution in [3.63, 3.8) is 0 Å². The number of amides is 1. The van der Waals surface area contributed by atoms with Crippen molar-refractivity contribution >= 4 is 11.5 Å². The lowest BCUT2D eigenvalue weighted by Gasteiger charge is -2.29. The van der Waals surface area contributed by atoms with Gasteiger partial charge in [-0.1, -0.05) is 18.9 Å². The predicted octanol–water partition coefficient (Wildman–Crippen LogP) is 2.97. The normalized spacial score (nSPS) is 21.9. The van der Waals surface area contributed by atoms with Gasteiger partial charge in [0.25, 0.3) is 5.91 Å². The lowest BCUT2D eigenvalue weighted by atomic mass is 9.91. The molecule has 0 aliphatic heterocycles. The second-order valence-electron chi connectivity index (χ2n) is 5.88. The van der Waals surface area contributed by atoms with E-state index in [1.807, 2.05) is 0 Å². The highest BCUT2D eigenvalue weighted by atomic mass is 19.1. The first-order chi connectivity index (χ1) is 11.0. The number of carbonyl (C=O) groups is 1. The third-order valence-electron chi connectivity index (χ3n) is 4.43. The first-order valence-electron chi connectivity index (χ1n) is 7.98. The average molecular weight is 321 g/mol. The molecule has 5 heteroatoms. The van der Waals surface area contributed by atoms with Crippen molar-refractivity contribution < 1.29 is 19.0 Å². The molecule has 0 heterocycles. The summed E-state index contributed by atoms with van der Waals surface area (Å²) in [4.78, 5) is 12.6. The van der Waals surface area contributed by atoms with Crippen molar-refractivity contribution in [2.75, 3.05) is 7.11 Å². The highest BCUT2D eigenvalue weighted by molar-refractivity contribution is 6.20. The van der Waals surface area contributed by atoms with Gasteiger partial charge in [0, 0.05) is 16.7 Å². The Balaban J connectivity index is 2.28. The van der Waals surface area contributed by atoms with E-state index in [0.717, 1.165) is 19.3 Å². The van der Waals surface area contributed by atoms with E-state index in [9.17, 15) is 14.3 Å². The smallest absolute Gasteiger partial charge is 0.251 e. The van der Waals surface area contributed by atoms with Crippen molar-refractivity contribution in [1.29, 1.82) is 0 Å². The van der Waals surface area contributed by atoms with Gasteiger partial charge in [-0.3, -0.25) is 4.79 Å². The van der Waals surface area contributed by atoms with E-state index in [4.69, 9.17) is 4.74 Å². The Morgan fingerprint density at radius 3 is 2.70 bits per heavy atom. The number of carbonyl (C=O) groups excluding carboxylic acids is 1. The fourth-order valence-electron chi connectivity index (χ4n) is 3.13. The van der Waals surface area contributed by atoms with Gasteiger partial charge in [0.2, 0.25) is 0 Å². The van der Waals surface area contributed by atoms with Crippen molar-refractivity contribution in [2.24, 2.45) is 0 Å². The molecule has 0 bridgehead atoms. The molecule has 23 heavy (non-hydrogen) atoms. The van der Waals surface area contributed by atoms with Gasteiger partial charge in [-0.05, 0) is 38.8 Å². The van der Waals surface area contributed by atoms with Crippen LogP contribution in [0, 0.1) is 12.7 Å². The van der Waals surface area contributed by atoms with Gasteiger partial charge in [0.15, 0.2) is 0 Å². The minimum absolute atomic E-state index is 0.245. The Kier molecular flexibility index (Phi) is 5.77. The van der Waals surface area contributed by atoms with E-state index in [-0.39, 0.29) is 23.1 Å². The lowest BCUT2D eigenvalue weighted by Crippen LogP contribution is -2.45. The molecule has 2 rings (SSSR count). The van der Waals surface area contributed by atoms with Gasteiger partial charge >= 0.3 is 0 Å². The minimum Gasteiger partial charge on any atom is -0.496 e. The summed E-state index contributed by atoms with van der Waals surface area (Å²) in [7, 11) is 1.51. The van der Waals surface area contributed by atoms with Crippen molar-refractivity contribution in [3.05, 3.63) is 35.2 Å². The lowest BCUT2D eigenvalue weighted by molar-refractivity contribution is -0.117. The molecule has 2 atom stereocenters. The number of hydrogen-bond donors (Lipinski definition) is 2. The number of halogens is 1. The average Bonchev–Trinajstić information content (AvgIpc) is 2.53. The number of aliphatic hydroxyl groups excluding tert-OH is 1. The Morgan fingerprint density at radius 1 is 1.39 bits per heavy atom. The molecule has 1 fully saturated rings. The number of nitrogens with one attached hydrogen (secondary N) is 1. The van der Waals surface area contributed by atoms with E-state index in [1.54, 1.807) is 26.0 Å². The second kappa shape index (κ2) is 7.59. The van der Waals surface area contributed by atoms with Gasteiger partial charge in [-0.15, -0.1) is 0 Å². The van der Waals surface area contributed by atoms with Gasteiger partial charge < -0.3 is 15.2 Å². The SMILES string of the molecule is C/C=C(/C(=O)NC1CCCC[C@@H]1O)c1c(F)ccc(OC)c1C. The van der Waals surface area contributed by atoms with Crippen LogP contribution in [0.3, 0.4) is 0 Å². The molecule has 1 aliphatic carbocycles. The molecule has 126 valence electrons. The maximum absolute atomic E-state index is 14.3. The number of ether oxygens (including phenoxy) is 1. The van der Waals surface area contributed by atoms with Crippen LogP contribution in [0.2, 0.25) is 0 Å². The van der Waals surface area contributed by atoms with Crippen molar-refractivity contribution in [2.45, 2.75) is 51.7 Å². The van der Waals surface area contributed by atoms with Crippen LogP contribution in [-0.4, -0.2) is 30.3 Å². The zero-order valence-corrected chi connectivity index (χ0v) is 13.9. The highest BCUT2D eigenvalue weighted by Crippen LogP contribution is 2.30. The maximum atomic E-state index is 14.3. The number of aliphatic hydroxyl groups is 1. The zero-order chi connectivity index (χ0) is 17.0. The van der Waals surface area contributed by atoms with Crippen LogP contribution in [-0.2, 0) is 4.79 Å². The fraction of sp³-hybridized carbons (Fsp3) is 0.500. The predicted molar refractivity (Wildman–Crippen MR) is 87.7 cm³/mol. The summed E-state index contributed by atoms with van der Waals surface area (Å²) in [5, 5.41) is 12.9. The van der Waals surface area contributed by atoms with Crippen LogP contribution >= 0.6 is 0 Å². The summed E-state index contributed by atoms with van der Waals surface area (Å²) in [6.07, 6.45) is 4.41. The molecule has 1 saturated carbocycles. The molecule has 2 N–H and O–H groups in total. The van der Waals surface area contributed by atoms with Gasteiger partial charge in [-0.25, -0.2) is 4.39 Å². The molecular weight excluding hydrogens is 297 g/mol. The molecule has 1 unspecified atom stereocenters. The van der Waals surface area contributed by atoms with Gasteiger partial charge in [0.1, 0.15) is 11.6 Å². The molecule has 1 aromatic rings. The molecule has 0 radical (unpaired) electrons. The van der Waals surface area contributed by atoms with Crippen LogP contribution in [0.5, 0.6) is 5.75 Å². The maximum Gasteiger partial charge on any atom is 0.251 e. The summed E-state index contributed by atoms with van der Waals surface area (Å²) in [5.41, 5.74) is 1.09. The van der Waals surface area contributed by atoms with Gasteiger partial charge in [0.05, 0.1) is 19.3 Å². The van der Waals surface area contributed by atoms with Crippen LogP contribution in [0.1, 0.15) is 43.7 Å². The third-order valence-corrected chi connectivity index (χ3v) is 4.43. The Morgan fingerprint density at radius 2 is 2.09 bits per heavy atom. The van der Waals surface area contributed by atoms with Crippen LogP contribution < -0.4 is 10.1 Å². The first kappa shape index (κ1) is 17.5. The fourth-order valence-corrected chi connectivity index (χ4v) is 3.13. The highest BCUT2D eigenvalue weighted by Gasteiger charge is 2.27. The molecule has 1 aromatic carbocycles. The van der Waals surface area contributed by atoms with Crippen molar-refractivity contribution in [3.8, 4) is 5.75 Å². The van der Waals surface area contributed by atoms with Crippen molar-refractivity contribution in [1.82, 2.24) is 5.32 Å². The molecule has 1 aliphatic rings. The number of hydrogen-bond acceptors (Lipinski definition) is 3. The van der Waals surface area contributed by atoms with Gasteiger partial charge in [-0.2, -0.15) is 0 Å². The molecule has 0 saturated heterocycles. The Bertz CT molecular complexity index is 613. The molecular formula is C18H24FNO3. The standard InChI is InChI=1S/C18H24FNO3/c1-4-12(17-11(2)16(23-3)10-9-13(17)19)18(22)20-14-7-5-6-8-15(14)21/h4,9-10,14-15,21H,5-8H2,1-3H3,(H,20,22)/b12-4+/t14?,15-/m0/s1. The zero-order valence-electron chi connectivity index (χ0n) is 13.9. The Labute approximate surface area is 136 Å². The topological polar surface area (TPSA) is 58.6 Å². The number of methoxy groups -OCH3 is 1. The first-order valence-corrected chi connectivity index (χ1v) is 7.98. The monoisotopic (exact) mass is 321 g/mol. The third kappa shape index (κ3) is 3.72. The van der Waals surface area contributed by atoms with E-state index < -0.39 is 11.9 Å². The van der Waals surface area contributed by atoms with Crippen LogP contribution in [0.15, 0.2) is 18.2 Å². The second-order valence-corrected chi connectivity index (χ2v) is 5.88. The summed E-state index contributed by atoms with van der Waals surface area (Å²) in [6, 6.07) is 2.57. The summed E-state index contributed by atoms with van der Waals surface area (Å²) >= 11 is 0. The summed E-state index contributed by atoms with van der Waals surface area (Å²) < 4.78 is 19.5. The number of rotatable bonds is 4. The minimum atomic E-state index is -0.540. The largest absolute Gasteiger partial charge is 0.496 e. The van der Waals surface area contributed by atoms with E-state index in [2.05, 4.69) is 5.32 Å². The van der Waals surface area contributed by atoms with E-state index >= 15 is 0 Å². The quantitative estimate of drug-likeness (QED) is 0.838. The summed E-state index contributed by atoms with van der Waals surface area (Å²) in [5.74, 6) is -0.296. The van der Waals surface area contributed by atoms with E-state index in [1.165, 1.54) is 13.2 Å². The molecule has 0 spiro atoms. The Hall–Kier alpha value is -1.88. The summed E-state index contributed by atoms with van der Waals surface area (Å²) in [6.45, 7) is 3.42. The molecule has 1 amide bonds. The van der Waals surface area contributed by atoms with Crippen LogP contribution in [0.4, 0.5) is 4.39 Å².